The first-order valence-corrected chi connectivity index (χ1v) is 6.67. The van der Waals surface area contributed by atoms with E-state index in [0.29, 0.717) is 5.76 Å². The van der Waals surface area contributed by atoms with Gasteiger partial charge in [0.25, 0.3) is 0 Å². The summed E-state index contributed by atoms with van der Waals surface area (Å²) in [4.78, 5) is 15.3. The molecule has 0 aliphatic heterocycles. The Kier molecular flexibility index (Phi) is 6.05. The molecule has 0 saturated heterocycles. The quantitative estimate of drug-likeness (QED) is 0.784. The van der Waals surface area contributed by atoms with E-state index in [0.717, 1.165) is 26.1 Å². The van der Waals surface area contributed by atoms with Gasteiger partial charge in [0, 0.05) is 6.54 Å². The maximum absolute atomic E-state index is 10.8. The van der Waals surface area contributed by atoms with Crippen molar-refractivity contribution in [1.29, 1.82) is 0 Å². The van der Waals surface area contributed by atoms with Gasteiger partial charge in [0.05, 0.1) is 6.04 Å². The number of carbonyl (C=O) groups is 1. The van der Waals surface area contributed by atoms with Crippen molar-refractivity contribution in [3.05, 3.63) is 23.7 Å². The second-order valence-electron chi connectivity index (χ2n) is 4.97. The summed E-state index contributed by atoms with van der Waals surface area (Å²) in [6.07, 6.45) is 1.08. The van der Waals surface area contributed by atoms with Crippen LogP contribution >= 0.6 is 0 Å². The maximum atomic E-state index is 10.8. The molecule has 19 heavy (non-hydrogen) atoms. The molecule has 0 amide bonds. The number of rotatable bonds is 8. The number of carboxylic acids is 1. The molecule has 0 bridgehead atoms. The first kappa shape index (κ1) is 15.7. The molecule has 1 heterocycles. The largest absolute Gasteiger partial charge is 0.475 e. The second kappa shape index (κ2) is 7.31. The number of hydrogen-bond donors (Lipinski definition) is 1. The van der Waals surface area contributed by atoms with Gasteiger partial charge in [-0.2, -0.15) is 0 Å². The number of furan rings is 1. The van der Waals surface area contributed by atoms with Crippen LogP contribution in [0.1, 0.15) is 42.6 Å². The normalized spacial score (nSPS) is 13.2. The number of nitrogens with zero attached hydrogens (tertiary/aromatic N) is 2. The molecule has 1 aromatic heterocycles. The summed E-state index contributed by atoms with van der Waals surface area (Å²) in [5.74, 6) is -0.301. The van der Waals surface area contributed by atoms with Gasteiger partial charge in [0.2, 0.25) is 5.76 Å². The lowest BCUT2D eigenvalue weighted by Crippen LogP contribution is -2.29. The second-order valence-corrected chi connectivity index (χ2v) is 4.97. The van der Waals surface area contributed by atoms with Crippen LogP contribution in [0.15, 0.2) is 16.5 Å². The van der Waals surface area contributed by atoms with E-state index < -0.39 is 5.97 Å². The third-order valence-electron chi connectivity index (χ3n) is 3.25. The van der Waals surface area contributed by atoms with Crippen LogP contribution in [-0.4, -0.2) is 54.6 Å². The monoisotopic (exact) mass is 268 g/mol. The molecule has 0 aliphatic carbocycles. The molecule has 0 aromatic carbocycles. The highest BCUT2D eigenvalue weighted by molar-refractivity contribution is 5.84. The molecule has 0 saturated carbocycles. The molecule has 5 heteroatoms. The van der Waals surface area contributed by atoms with Gasteiger partial charge in [-0.05, 0) is 52.7 Å². The zero-order chi connectivity index (χ0) is 14.4. The third kappa shape index (κ3) is 4.69. The molecular formula is C14H24N2O3. The fourth-order valence-electron chi connectivity index (χ4n) is 2.09. The molecule has 1 rings (SSSR count). The van der Waals surface area contributed by atoms with Gasteiger partial charge in [0.15, 0.2) is 0 Å². The zero-order valence-electron chi connectivity index (χ0n) is 12.2. The van der Waals surface area contributed by atoms with Crippen molar-refractivity contribution in [2.75, 3.05) is 33.7 Å². The highest BCUT2D eigenvalue weighted by Crippen LogP contribution is 2.22. The van der Waals surface area contributed by atoms with Crippen LogP contribution in [0.3, 0.4) is 0 Å². The van der Waals surface area contributed by atoms with E-state index >= 15 is 0 Å². The number of carboxylic acid groups (broad SMARTS) is 1. The van der Waals surface area contributed by atoms with E-state index in [-0.39, 0.29) is 11.8 Å². The Morgan fingerprint density at radius 3 is 2.53 bits per heavy atom. The standard InChI is InChI=1S/C14H24N2O3/c1-5-16(10-6-9-15(3)4)11(2)12-7-8-13(19-12)14(17)18/h7-8,11H,5-6,9-10H2,1-4H3,(H,17,18). The summed E-state index contributed by atoms with van der Waals surface area (Å²) in [5, 5.41) is 8.87. The Labute approximate surface area is 114 Å². The molecule has 1 N–H and O–H groups in total. The van der Waals surface area contributed by atoms with Crippen molar-refractivity contribution in [3.8, 4) is 0 Å². The summed E-state index contributed by atoms with van der Waals surface area (Å²) >= 11 is 0. The maximum Gasteiger partial charge on any atom is 0.371 e. The van der Waals surface area contributed by atoms with Crippen molar-refractivity contribution in [2.24, 2.45) is 0 Å². The Bertz CT molecular complexity index is 401. The van der Waals surface area contributed by atoms with Crippen molar-refractivity contribution in [1.82, 2.24) is 9.80 Å². The van der Waals surface area contributed by atoms with Crippen LogP contribution in [0.2, 0.25) is 0 Å². The molecule has 0 spiro atoms. The SMILES string of the molecule is CCN(CCCN(C)C)C(C)c1ccc(C(=O)O)o1. The fraction of sp³-hybridized carbons (Fsp3) is 0.643. The highest BCUT2D eigenvalue weighted by atomic mass is 16.4. The Morgan fingerprint density at radius 1 is 1.37 bits per heavy atom. The van der Waals surface area contributed by atoms with E-state index in [9.17, 15) is 4.79 Å². The molecule has 5 nitrogen and oxygen atoms in total. The summed E-state index contributed by atoms with van der Waals surface area (Å²) in [7, 11) is 4.12. The van der Waals surface area contributed by atoms with E-state index in [1.54, 1.807) is 6.07 Å². The first-order valence-electron chi connectivity index (χ1n) is 6.67. The van der Waals surface area contributed by atoms with E-state index in [1.165, 1.54) is 6.07 Å². The fourth-order valence-corrected chi connectivity index (χ4v) is 2.09. The van der Waals surface area contributed by atoms with Crippen LogP contribution in [0.25, 0.3) is 0 Å². The minimum absolute atomic E-state index is 0.00574. The van der Waals surface area contributed by atoms with Gasteiger partial charge in [-0.3, -0.25) is 4.90 Å². The lowest BCUT2D eigenvalue weighted by atomic mass is 10.2. The van der Waals surface area contributed by atoms with Gasteiger partial charge < -0.3 is 14.4 Å². The minimum atomic E-state index is -1.02. The number of aromatic carboxylic acids is 1. The summed E-state index contributed by atoms with van der Waals surface area (Å²) in [5.41, 5.74) is 0. The smallest absolute Gasteiger partial charge is 0.371 e. The molecule has 1 aromatic rings. The van der Waals surface area contributed by atoms with Crippen LogP contribution in [-0.2, 0) is 0 Å². The molecular weight excluding hydrogens is 244 g/mol. The van der Waals surface area contributed by atoms with E-state index in [1.807, 2.05) is 6.92 Å². The van der Waals surface area contributed by atoms with Crippen LogP contribution < -0.4 is 0 Å². The lowest BCUT2D eigenvalue weighted by Gasteiger charge is -2.26. The van der Waals surface area contributed by atoms with Gasteiger partial charge in [-0.25, -0.2) is 4.79 Å². The van der Waals surface area contributed by atoms with Crippen molar-refractivity contribution < 1.29 is 14.3 Å². The number of hydrogen-bond acceptors (Lipinski definition) is 4. The van der Waals surface area contributed by atoms with Crippen LogP contribution in [0.4, 0.5) is 0 Å². The highest BCUT2D eigenvalue weighted by Gasteiger charge is 2.19. The van der Waals surface area contributed by atoms with E-state index in [2.05, 4.69) is 30.8 Å². The third-order valence-corrected chi connectivity index (χ3v) is 3.25. The Morgan fingerprint density at radius 2 is 2.05 bits per heavy atom. The van der Waals surface area contributed by atoms with Crippen molar-refractivity contribution in [3.63, 3.8) is 0 Å². The molecule has 108 valence electrons. The Balaban J connectivity index is 2.61. The molecule has 1 atom stereocenters. The van der Waals surface area contributed by atoms with Crippen molar-refractivity contribution >= 4 is 5.97 Å². The summed E-state index contributed by atoms with van der Waals surface area (Å²) in [6.45, 7) is 7.08. The van der Waals surface area contributed by atoms with Gasteiger partial charge in [0.1, 0.15) is 5.76 Å². The van der Waals surface area contributed by atoms with Gasteiger partial charge in [-0.1, -0.05) is 6.92 Å². The van der Waals surface area contributed by atoms with Gasteiger partial charge >= 0.3 is 5.97 Å². The Hall–Kier alpha value is -1.33. The molecule has 0 aliphatic rings. The topological polar surface area (TPSA) is 56.9 Å². The zero-order valence-corrected chi connectivity index (χ0v) is 12.2. The predicted molar refractivity (Wildman–Crippen MR) is 74.5 cm³/mol. The molecule has 1 unspecified atom stereocenters. The van der Waals surface area contributed by atoms with Crippen molar-refractivity contribution in [2.45, 2.75) is 26.3 Å². The average Bonchev–Trinajstić information content (AvgIpc) is 2.83. The minimum Gasteiger partial charge on any atom is -0.475 e. The lowest BCUT2D eigenvalue weighted by molar-refractivity contribution is 0.0656. The molecule has 0 fully saturated rings. The van der Waals surface area contributed by atoms with Gasteiger partial charge in [-0.15, -0.1) is 0 Å². The van der Waals surface area contributed by atoms with Crippen LogP contribution in [0.5, 0.6) is 0 Å². The summed E-state index contributed by atoms with van der Waals surface area (Å²) < 4.78 is 5.37. The predicted octanol–water partition coefficient (Wildman–Crippen LogP) is 2.31. The first-order chi connectivity index (χ1) is 8.95. The average molecular weight is 268 g/mol. The van der Waals surface area contributed by atoms with Crippen LogP contribution in [0, 0.1) is 0 Å². The summed E-state index contributed by atoms with van der Waals surface area (Å²) in [6, 6.07) is 3.37. The molecule has 0 radical (unpaired) electrons. The van der Waals surface area contributed by atoms with E-state index in [4.69, 9.17) is 9.52 Å².